The number of hydrogen-bond acceptors (Lipinski definition) is 4. The number of carbonyl (C=O) groups is 1. The Morgan fingerprint density at radius 2 is 1.73 bits per heavy atom. The number of halogens is 4. The van der Waals surface area contributed by atoms with Crippen LogP contribution >= 0.6 is 11.6 Å². The number of amides is 1. The number of carbonyl (C=O) groups excluding carboxylic acids is 1. The number of anilines is 2. The third-order valence-electron chi connectivity index (χ3n) is 6.51. The van der Waals surface area contributed by atoms with Crippen molar-refractivity contribution < 1.29 is 18.0 Å². The summed E-state index contributed by atoms with van der Waals surface area (Å²) in [7, 11) is 0. The smallest absolute Gasteiger partial charge is 0.416 e. The van der Waals surface area contributed by atoms with E-state index in [1.807, 2.05) is 12.1 Å². The van der Waals surface area contributed by atoms with Crippen LogP contribution in [0.5, 0.6) is 0 Å². The second-order valence-electron chi connectivity index (χ2n) is 8.90. The molecule has 6 nitrogen and oxygen atoms in total. The second kappa shape index (κ2) is 9.66. The maximum Gasteiger partial charge on any atom is 0.416 e. The first kappa shape index (κ1) is 25.0. The van der Waals surface area contributed by atoms with Crippen LogP contribution in [0, 0.1) is 5.21 Å². The maximum absolute atomic E-state index is 13.2. The number of alkyl halides is 3. The average Bonchev–Trinajstić information content (AvgIpc) is 2.89. The second-order valence-corrected chi connectivity index (χ2v) is 9.34. The van der Waals surface area contributed by atoms with Crippen molar-refractivity contribution in [3.63, 3.8) is 0 Å². The zero-order chi connectivity index (χ0) is 26.2. The molecule has 4 aromatic rings. The molecule has 1 aromatic heterocycles. The van der Waals surface area contributed by atoms with Gasteiger partial charge in [-0.3, -0.25) is 9.78 Å². The summed E-state index contributed by atoms with van der Waals surface area (Å²) in [6.07, 6.45) is -2.84. The van der Waals surface area contributed by atoms with Crippen molar-refractivity contribution in [1.29, 1.82) is 0 Å². The van der Waals surface area contributed by atoms with E-state index < -0.39 is 16.4 Å². The van der Waals surface area contributed by atoms with E-state index in [9.17, 15) is 23.2 Å². The van der Waals surface area contributed by atoms with Gasteiger partial charge in [0.05, 0.1) is 24.2 Å². The Labute approximate surface area is 216 Å². The van der Waals surface area contributed by atoms with Crippen molar-refractivity contribution >= 4 is 45.5 Å². The number of hydrogen-bond donors (Lipinski definition) is 1. The van der Waals surface area contributed by atoms with Crippen molar-refractivity contribution in [2.45, 2.75) is 6.18 Å². The normalized spacial score (nSPS) is 15.5. The van der Waals surface area contributed by atoms with Crippen molar-refractivity contribution in [1.82, 2.24) is 14.5 Å². The summed E-state index contributed by atoms with van der Waals surface area (Å²) in [5.74, 6) is -0.231. The molecule has 190 valence electrons. The lowest BCUT2D eigenvalue weighted by Crippen LogP contribution is -2.58. The van der Waals surface area contributed by atoms with Gasteiger partial charge in [-0.25, -0.2) is 0 Å². The molecular weight excluding hydrogens is 505 g/mol. The highest BCUT2D eigenvalue weighted by atomic mass is 35.5. The third kappa shape index (κ3) is 5.24. The minimum absolute atomic E-state index is 0.0220. The summed E-state index contributed by atoms with van der Waals surface area (Å²) in [4.78, 5) is 18.9. The molecule has 0 unspecified atom stereocenters. The molecule has 0 spiro atoms. The summed E-state index contributed by atoms with van der Waals surface area (Å²) in [5, 5.41) is 18.1. The fraction of sp³-hybridized carbons (Fsp3) is 0.185. The molecule has 3 aromatic carbocycles. The Kier molecular flexibility index (Phi) is 6.53. The van der Waals surface area contributed by atoms with Crippen molar-refractivity contribution in [2.24, 2.45) is 0 Å². The van der Waals surface area contributed by atoms with Crippen molar-refractivity contribution in [2.75, 3.05) is 31.5 Å². The molecule has 5 rings (SSSR count). The molecular formula is C27H22ClF3N4O2. The number of benzene rings is 3. The van der Waals surface area contributed by atoms with Gasteiger partial charge in [0.25, 0.3) is 5.91 Å². The number of rotatable bonds is 4. The quantitative estimate of drug-likeness (QED) is 0.240. The van der Waals surface area contributed by atoms with E-state index in [4.69, 9.17) is 11.6 Å². The fourth-order valence-corrected chi connectivity index (χ4v) is 4.62. The van der Waals surface area contributed by atoms with Crippen LogP contribution < -0.4 is 9.96 Å². The first-order valence-corrected chi connectivity index (χ1v) is 12.0. The first-order valence-electron chi connectivity index (χ1n) is 11.6. The van der Waals surface area contributed by atoms with E-state index in [1.54, 1.807) is 47.5 Å². The number of nitrogens with zero attached hydrogens (tertiary/aromatic N) is 3. The number of fused-ring (bicyclic) bond motifs is 1. The highest BCUT2D eigenvalue weighted by Crippen LogP contribution is 2.34. The standard InChI is InChI=1S/C27H22ClF3N4O2/c28-20-6-9-23-24(10-11-32-25(23)17-20)33-21-7-4-18(5-8-21)26(36)34-12-14-35(37,15-13-34)22-3-1-2-19(16-22)27(29,30)31/h1-11,16-17H,12-15H2,(H,32,33). The molecule has 1 fully saturated rings. The van der Waals surface area contributed by atoms with E-state index in [2.05, 4.69) is 10.3 Å². The summed E-state index contributed by atoms with van der Waals surface area (Å²) >= 11 is 6.06. The van der Waals surface area contributed by atoms with E-state index in [0.29, 0.717) is 10.6 Å². The fourth-order valence-electron chi connectivity index (χ4n) is 4.45. The van der Waals surface area contributed by atoms with Crippen LogP contribution in [0.15, 0.2) is 79.0 Å². The number of hydroxylamine groups is 2. The molecule has 0 saturated carbocycles. The zero-order valence-corrected chi connectivity index (χ0v) is 20.3. The van der Waals surface area contributed by atoms with Gasteiger partial charge in [-0.2, -0.15) is 13.2 Å². The highest BCUT2D eigenvalue weighted by Gasteiger charge is 2.35. The van der Waals surface area contributed by atoms with Gasteiger partial charge >= 0.3 is 6.18 Å². The van der Waals surface area contributed by atoms with Crippen LogP contribution in [0.1, 0.15) is 15.9 Å². The number of aromatic nitrogens is 1. The first-order chi connectivity index (χ1) is 17.6. The van der Waals surface area contributed by atoms with Gasteiger partial charge in [-0.15, -0.1) is 0 Å². The van der Waals surface area contributed by atoms with Crippen molar-refractivity contribution in [3.05, 3.63) is 100 Å². The van der Waals surface area contributed by atoms with Crippen LogP contribution in [-0.4, -0.2) is 42.0 Å². The van der Waals surface area contributed by atoms with Gasteiger partial charge in [0.2, 0.25) is 0 Å². The van der Waals surface area contributed by atoms with E-state index in [-0.39, 0.29) is 37.8 Å². The van der Waals surface area contributed by atoms with Gasteiger partial charge in [0.1, 0.15) is 18.8 Å². The predicted octanol–water partition coefficient (Wildman–Crippen LogP) is 6.61. The summed E-state index contributed by atoms with van der Waals surface area (Å²) in [6, 6.07) is 18.8. The molecule has 1 aliphatic rings. The zero-order valence-electron chi connectivity index (χ0n) is 19.5. The molecule has 0 aliphatic carbocycles. The number of nitrogens with one attached hydrogen (secondary N) is 1. The maximum atomic E-state index is 13.2. The van der Waals surface area contributed by atoms with Crippen LogP contribution in [-0.2, 0) is 6.18 Å². The Morgan fingerprint density at radius 1 is 1.00 bits per heavy atom. The topological polar surface area (TPSA) is 68.3 Å². The number of pyridine rings is 1. The van der Waals surface area contributed by atoms with E-state index in [0.717, 1.165) is 34.4 Å². The summed E-state index contributed by atoms with van der Waals surface area (Å²) < 4.78 is 38.3. The molecule has 2 heterocycles. The van der Waals surface area contributed by atoms with E-state index in [1.165, 1.54) is 12.1 Å². The van der Waals surface area contributed by atoms with Gasteiger partial charge < -0.3 is 20.1 Å². The Balaban J connectivity index is 1.25. The molecule has 0 radical (unpaired) electrons. The Hall–Kier alpha value is -3.66. The molecule has 1 saturated heterocycles. The van der Waals surface area contributed by atoms with E-state index >= 15 is 0 Å². The lowest BCUT2D eigenvalue weighted by atomic mass is 10.1. The third-order valence-corrected chi connectivity index (χ3v) is 6.74. The minimum atomic E-state index is -4.52. The Morgan fingerprint density at radius 3 is 2.43 bits per heavy atom. The van der Waals surface area contributed by atoms with Crippen molar-refractivity contribution in [3.8, 4) is 0 Å². The van der Waals surface area contributed by atoms with Crippen LogP contribution in [0.25, 0.3) is 10.9 Å². The molecule has 1 aliphatic heterocycles. The molecule has 37 heavy (non-hydrogen) atoms. The van der Waals surface area contributed by atoms with Gasteiger partial charge in [-0.05, 0) is 60.7 Å². The van der Waals surface area contributed by atoms with Gasteiger partial charge in [0, 0.05) is 39.6 Å². The van der Waals surface area contributed by atoms with Crippen LogP contribution in [0.4, 0.5) is 30.2 Å². The molecule has 0 bridgehead atoms. The van der Waals surface area contributed by atoms with Gasteiger partial charge in [-0.1, -0.05) is 17.7 Å². The average molecular weight is 527 g/mol. The summed E-state index contributed by atoms with van der Waals surface area (Å²) in [5.41, 5.74) is 2.03. The molecule has 10 heteroatoms. The number of piperazine rings is 1. The van der Waals surface area contributed by atoms with Gasteiger partial charge in [0.15, 0.2) is 0 Å². The Bertz CT molecular complexity index is 1450. The molecule has 0 atom stereocenters. The molecule has 1 N–H and O–H groups in total. The monoisotopic (exact) mass is 526 g/mol. The SMILES string of the molecule is O=C(c1ccc(Nc2ccnc3cc(Cl)ccc23)cc1)N1CC[N+]([O-])(c2cccc(C(F)(F)F)c2)CC1. The summed E-state index contributed by atoms with van der Waals surface area (Å²) in [6.45, 7) is 0.242. The van der Waals surface area contributed by atoms with Crippen LogP contribution in [0.3, 0.4) is 0 Å². The highest BCUT2D eigenvalue weighted by molar-refractivity contribution is 6.31. The predicted molar refractivity (Wildman–Crippen MR) is 139 cm³/mol. The number of quaternary nitrogens is 1. The largest absolute Gasteiger partial charge is 0.627 e. The lowest BCUT2D eigenvalue weighted by Gasteiger charge is -2.47. The lowest BCUT2D eigenvalue weighted by molar-refractivity contribution is -0.137. The van der Waals surface area contributed by atoms with Crippen LogP contribution in [0.2, 0.25) is 5.02 Å². The molecule has 1 amide bonds. The minimum Gasteiger partial charge on any atom is -0.627 e.